The zero-order valence-electron chi connectivity index (χ0n) is 17.7. The van der Waals surface area contributed by atoms with Gasteiger partial charge in [0, 0.05) is 11.8 Å². The summed E-state index contributed by atoms with van der Waals surface area (Å²) in [5, 5.41) is 1.91. The van der Waals surface area contributed by atoms with E-state index in [4.69, 9.17) is 9.47 Å². The smallest absolute Gasteiger partial charge is 0.338 e. The van der Waals surface area contributed by atoms with Gasteiger partial charge in [-0.15, -0.1) is 11.3 Å². The summed E-state index contributed by atoms with van der Waals surface area (Å²) in [5.74, 6) is -0.432. The van der Waals surface area contributed by atoms with Crippen LogP contribution in [0.3, 0.4) is 0 Å². The van der Waals surface area contributed by atoms with E-state index in [0.29, 0.717) is 26.4 Å². The van der Waals surface area contributed by atoms with E-state index in [-0.39, 0.29) is 12.2 Å². The van der Waals surface area contributed by atoms with Crippen molar-refractivity contribution in [1.29, 1.82) is 0 Å². The van der Waals surface area contributed by atoms with E-state index in [9.17, 15) is 14.4 Å². The molecule has 1 unspecified atom stereocenters. The van der Waals surface area contributed by atoms with Gasteiger partial charge in [-0.3, -0.25) is 14.2 Å². The Kier molecular flexibility index (Phi) is 6.20. The normalized spacial score (nSPS) is 15.8. The van der Waals surface area contributed by atoms with Gasteiger partial charge in [0.15, 0.2) is 4.80 Å². The monoisotopic (exact) mass is 468 g/mol. The molecule has 1 aromatic carbocycles. The third-order valence-corrected chi connectivity index (χ3v) is 6.68. The molecule has 164 valence electrons. The molecule has 9 heteroatoms. The van der Waals surface area contributed by atoms with Gasteiger partial charge >= 0.3 is 11.9 Å². The summed E-state index contributed by atoms with van der Waals surface area (Å²) in [4.78, 5) is 43.2. The number of fused-ring (bicyclic) bond motifs is 1. The zero-order chi connectivity index (χ0) is 22.8. The minimum absolute atomic E-state index is 0.231. The molecule has 0 amide bonds. The van der Waals surface area contributed by atoms with Crippen LogP contribution in [-0.4, -0.2) is 23.1 Å². The third kappa shape index (κ3) is 4.21. The molecule has 0 spiro atoms. The van der Waals surface area contributed by atoms with Crippen LogP contribution in [0.2, 0.25) is 0 Å². The Morgan fingerprint density at radius 3 is 2.59 bits per heavy atom. The zero-order valence-corrected chi connectivity index (χ0v) is 19.3. The first kappa shape index (κ1) is 21.9. The quantitative estimate of drug-likeness (QED) is 0.425. The summed E-state index contributed by atoms with van der Waals surface area (Å²) >= 11 is 2.74. The molecule has 3 heterocycles. The highest BCUT2D eigenvalue weighted by Gasteiger charge is 2.33. The maximum atomic E-state index is 13.4. The molecule has 4 rings (SSSR count). The van der Waals surface area contributed by atoms with E-state index in [1.807, 2.05) is 17.5 Å². The molecule has 0 N–H and O–H groups in total. The van der Waals surface area contributed by atoms with Crippen LogP contribution in [0.15, 0.2) is 62.8 Å². The fraction of sp³-hybridized carbons (Fsp3) is 0.217. The Balaban J connectivity index is 1.83. The van der Waals surface area contributed by atoms with Crippen molar-refractivity contribution in [3.63, 3.8) is 0 Å². The van der Waals surface area contributed by atoms with E-state index < -0.39 is 18.0 Å². The summed E-state index contributed by atoms with van der Waals surface area (Å²) in [6, 6.07) is 10.1. The number of hydrogen-bond donors (Lipinski definition) is 0. The molecule has 0 saturated carbocycles. The number of rotatable bonds is 5. The molecule has 3 aromatic rings. The van der Waals surface area contributed by atoms with Crippen LogP contribution in [0.5, 0.6) is 5.75 Å². The molecule has 32 heavy (non-hydrogen) atoms. The Bertz CT molecular complexity index is 1380. The molecular weight excluding hydrogens is 448 g/mol. The lowest BCUT2D eigenvalue weighted by Crippen LogP contribution is -2.39. The number of ether oxygens (including phenoxy) is 2. The van der Waals surface area contributed by atoms with E-state index in [1.165, 1.54) is 29.6 Å². The highest BCUT2D eigenvalue weighted by atomic mass is 32.1. The highest BCUT2D eigenvalue weighted by Crippen LogP contribution is 2.33. The summed E-state index contributed by atoms with van der Waals surface area (Å²) in [6.45, 7) is 5.08. The van der Waals surface area contributed by atoms with Gasteiger partial charge in [0.2, 0.25) is 0 Å². The fourth-order valence-electron chi connectivity index (χ4n) is 3.46. The van der Waals surface area contributed by atoms with Crippen LogP contribution in [0.4, 0.5) is 0 Å². The topological polar surface area (TPSA) is 87.0 Å². The van der Waals surface area contributed by atoms with Crippen molar-refractivity contribution >= 4 is 40.7 Å². The second kappa shape index (κ2) is 9.05. The molecule has 0 fully saturated rings. The Labute approximate surface area is 191 Å². The molecule has 7 nitrogen and oxygen atoms in total. The van der Waals surface area contributed by atoms with E-state index in [2.05, 4.69) is 4.99 Å². The van der Waals surface area contributed by atoms with E-state index in [0.717, 1.165) is 10.4 Å². The Morgan fingerprint density at radius 2 is 1.97 bits per heavy atom. The number of benzene rings is 1. The number of allylic oxidation sites excluding steroid dienone is 1. The molecule has 1 aliphatic heterocycles. The second-order valence-corrected chi connectivity index (χ2v) is 8.97. The van der Waals surface area contributed by atoms with Gasteiger partial charge in [-0.25, -0.2) is 9.79 Å². The van der Waals surface area contributed by atoms with E-state index >= 15 is 0 Å². The lowest BCUT2D eigenvalue weighted by molar-refractivity contribution is -0.139. The van der Waals surface area contributed by atoms with Crippen LogP contribution in [0.25, 0.3) is 6.08 Å². The number of carbonyl (C=O) groups is 2. The van der Waals surface area contributed by atoms with Crippen molar-refractivity contribution < 1.29 is 19.1 Å². The van der Waals surface area contributed by atoms with Crippen molar-refractivity contribution in [3.8, 4) is 5.75 Å². The molecule has 2 aromatic heterocycles. The van der Waals surface area contributed by atoms with Crippen LogP contribution in [-0.2, 0) is 14.3 Å². The lowest BCUT2D eigenvalue weighted by Gasteiger charge is -2.23. The predicted octanol–water partition coefficient (Wildman–Crippen LogP) is 2.79. The van der Waals surface area contributed by atoms with Gasteiger partial charge in [0.1, 0.15) is 11.8 Å². The van der Waals surface area contributed by atoms with Crippen LogP contribution in [0, 0.1) is 0 Å². The first-order valence-electron chi connectivity index (χ1n) is 9.90. The lowest BCUT2D eigenvalue weighted by atomic mass is 10.0. The highest BCUT2D eigenvalue weighted by molar-refractivity contribution is 7.10. The summed E-state index contributed by atoms with van der Waals surface area (Å²) in [6.07, 6.45) is 1.76. The minimum atomic E-state index is -0.584. The third-order valence-electron chi connectivity index (χ3n) is 4.77. The largest absolute Gasteiger partial charge is 0.463 e. The first-order chi connectivity index (χ1) is 15.4. The summed E-state index contributed by atoms with van der Waals surface area (Å²) in [5.41, 5.74) is 1.46. The van der Waals surface area contributed by atoms with Crippen LogP contribution in [0.1, 0.15) is 37.3 Å². The molecule has 0 saturated heterocycles. The van der Waals surface area contributed by atoms with Crippen LogP contribution < -0.4 is 19.6 Å². The molecule has 0 bridgehead atoms. The Hall–Kier alpha value is -3.30. The minimum Gasteiger partial charge on any atom is -0.463 e. The predicted molar refractivity (Wildman–Crippen MR) is 122 cm³/mol. The van der Waals surface area contributed by atoms with Crippen molar-refractivity contribution in [2.45, 2.75) is 26.8 Å². The number of hydrogen-bond acceptors (Lipinski definition) is 8. The number of carbonyl (C=O) groups excluding carboxylic acids is 2. The fourth-order valence-corrected chi connectivity index (χ4v) is 5.33. The number of thiazole rings is 1. The van der Waals surface area contributed by atoms with Crippen molar-refractivity contribution in [3.05, 3.63) is 83.2 Å². The van der Waals surface area contributed by atoms with Gasteiger partial charge in [0.05, 0.1) is 22.4 Å². The number of thiophene rings is 1. The van der Waals surface area contributed by atoms with Gasteiger partial charge in [-0.2, -0.15) is 0 Å². The van der Waals surface area contributed by atoms with Crippen LogP contribution >= 0.6 is 22.7 Å². The van der Waals surface area contributed by atoms with Crippen molar-refractivity contribution in [2.75, 3.05) is 6.61 Å². The first-order valence-corrected chi connectivity index (χ1v) is 11.6. The van der Waals surface area contributed by atoms with Gasteiger partial charge < -0.3 is 9.47 Å². The maximum absolute atomic E-state index is 13.4. The second-order valence-electron chi connectivity index (χ2n) is 6.98. The molecule has 1 atom stereocenters. The molecular formula is C23H20N2O5S2. The molecule has 0 radical (unpaired) electrons. The maximum Gasteiger partial charge on any atom is 0.338 e. The number of esters is 2. The van der Waals surface area contributed by atoms with Gasteiger partial charge in [0.25, 0.3) is 5.56 Å². The molecule has 1 aliphatic rings. The van der Waals surface area contributed by atoms with Crippen molar-refractivity contribution in [2.24, 2.45) is 4.99 Å². The SMILES string of the molecule is CCOC(=O)C1=C(C)N=c2s/c(=C/c3ccc(OC(C)=O)cc3)c(=O)n2C1c1cccs1. The average molecular weight is 469 g/mol. The Morgan fingerprint density at radius 1 is 1.22 bits per heavy atom. The standard InChI is InChI=1S/C23H20N2O5S2/c1-4-29-22(28)19-13(2)24-23-25(20(19)17-6-5-11-31-17)21(27)18(32-23)12-15-7-9-16(10-8-15)30-14(3)26/h5-12,20H,4H2,1-3H3/b18-12+. The number of nitrogens with zero attached hydrogens (tertiary/aromatic N) is 2. The summed E-state index contributed by atoms with van der Waals surface area (Å²) < 4.78 is 12.4. The van der Waals surface area contributed by atoms with Gasteiger partial charge in [-0.05, 0) is 49.1 Å². The van der Waals surface area contributed by atoms with Gasteiger partial charge in [-0.1, -0.05) is 29.5 Å². The van der Waals surface area contributed by atoms with Crippen molar-refractivity contribution in [1.82, 2.24) is 4.57 Å². The molecule has 0 aliphatic carbocycles. The number of aromatic nitrogens is 1. The average Bonchev–Trinajstić information content (AvgIpc) is 3.37. The van der Waals surface area contributed by atoms with E-state index in [1.54, 1.807) is 48.8 Å². The summed E-state index contributed by atoms with van der Waals surface area (Å²) in [7, 11) is 0.